The summed E-state index contributed by atoms with van der Waals surface area (Å²) in [6.45, 7) is 3.99. The van der Waals surface area contributed by atoms with E-state index in [9.17, 15) is 4.79 Å². The van der Waals surface area contributed by atoms with Crippen molar-refractivity contribution >= 4 is 11.6 Å². The van der Waals surface area contributed by atoms with Gasteiger partial charge in [0.2, 0.25) is 0 Å². The molecular formula is C18H20N2O2. The zero-order valence-corrected chi connectivity index (χ0v) is 13.1. The predicted octanol–water partition coefficient (Wildman–Crippen LogP) is 3.41. The Labute approximate surface area is 130 Å². The number of aryl methyl sites for hydroxylation is 1. The topological polar surface area (TPSA) is 50.7 Å². The molecule has 0 saturated heterocycles. The number of rotatable bonds is 5. The van der Waals surface area contributed by atoms with Gasteiger partial charge in [-0.1, -0.05) is 31.2 Å². The summed E-state index contributed by atoms with van der Waals surface area (Å²) in [6.07, 6.45) is 1.00. The third-order valence-corrected chi connectivity index (χ3v) is 3.46. The average molecular weight is 296 g/mol. The number of carbonyl (C=O) groups excluding carboxylic acids is 1. The van der Waals surface area contributed by atoms with Gasteiger partial charge < -0.3 is 4.74 Å². The van der Waals surface area contributed by atoms with E-state index in [1.54, 1.807) is 31.4 Å². The molecule has 0 aliphatic rings. The summed E-state index contributed by atoms with van der Waals surface area (Å²) >= 11 is 0. The fourth-order valence-electron chi connectivity index (χ4n) is 1.99. The molecule has 0 radical (unpaired) electrons. The maximum absolute atomic E-state index is 12.0. The average Bonchev–Trinajstić information content (AvgIpc) is 2.59. The van der Waals surface area contributed by atoms with Crippen molar-refractivity contribution in [1.82, 2.24) is 5.43 Å². The van der Waals surface area contributed by atoms with E-state index in [1.807, 2.05) is 19.1 Å². The first-order valence-corrected chi connectivity index (χ1v) is 7.22. The van der Waals surface area contributed by atoms with E-state index >= 15 is 0 Å². The van der Waals surface area contributed by atoms with E-state index in [1.165, 1.54) is 5.56 Å². The van der Waals surface area contributed by atoms with Crippen LogP contribution >= 0.6 is 0 Å². The quantitative estimate of drug-likeness (QED) is 0.679. The van der Waals surface area contributed by atoms with Gasteiger partial charge in [-0.2, -0.15) is 5.10 Å². The van der Waals surface area contributed by atoms with Crippen LogP contribution in [-0.2, 0) is 6.42 Å². The highest BCUT2D eigenvalue weighted by Gasteiger charge is 2.05. The van der Waals surface area contributed by atoms with Crippen molar-refractivity contribution < 1.29 is 9.53 Å². The molecule has 2 rings (SSSR count). The fourth-order valence-corrected chi connectivity index (χ4v) is 1.99. The highest BCUT2D eigenvalue weighted by molar-refractivity contribution is 6.00. The second-order valence-corrected chi connectivity index (χ2v) is 4.92. The molecule has 0 aliphatic carbocycles. The lowest BCUT2D eigenvalue weighted by atomic mass is 10.1. The van der Waals surface area contributed by atoms with E-state index in [0.29, 0.717) is 11.3 Å². The molecular weight excluding hydrogens is 276 g/mol. The van der Waals surface area contributed by atoms with E-state index in [4.69, 9.17) is 4.74 Å². The van der Waals surface area contributed by atoms with Gasteiger partial charge in [0.25, 0.3) is 5.91 Å². The molecule has 0 aliphatic heterocycles. The van der Waals surface area contributed by atoms with Crippen molar-refractivity contribution in [3.63, 3.8) is 0 Å². The van der Waals surface area contributed by atoms with Gasteiger partial charge in [0.1, 0.15) is 5.75 Å². The van der Waals surface area contributed by atoms with Gasteiger partial charge in [0.05, 0.1) is 12.8 Å². The summed E-state index contributed by atoms with van der Waals surface area (Å²) in [6, 6.07) is 15.1. The summed E-state index contributed by atoms with van der Waals surface area (Å²) < 4.78 is 5.06. The lowest BCUT2D eigenvalue weighted by molar-refractivity contribution is 0.0955. The van der Waals surface area contributed by atoms with Crippen LogP contribution in [0.15, 0.2) is 53.6 Å². The van der Waals surface area contributed by atoms with Crippen molar-refractivity contribution in [2.45, 2.75) is 20.3 Å². The van der Waals surface area contributed by atoms with Gasteiger partial charge in [0.15, 0.2) is 0 Å². The molecule has 22 heavy (non-hydrogen) atoms. The van der Waals surface area contributed by atoms with Crippen LogP contribution in [-0.4, -0.2) is 18.7 Å². The first kappa shape index (κ1) is 15.8. The molecule has 0 bridgehead atoms. The Morgan fingerprint density at radius 1 is 1.05 bits per heavy atom. The van der Waals surface area contributed by atoms with Crippen LogP contribution in [0.1, 0.15) is 35.3 Å². The molecule has 0 heterocycles. The van der Waals surface area contributed by atoms with Crippen LogP contribution < -0.4 is 10.2 Å². The molecule has 0 saturated carbocycles. The summed E-state index contributed by atoms with van der Waals surface area (Å²) in [5.41, 5.74) is 6.15. The van der Waals surface area contributed by atoms with Gasteiger partial charge in [-0.3, -0.25) is 4.79 Å². The fraction of sp³-hybridized carbons (Fsp3) is 0.222. The van der Waals surface area contributed by atoms with Crippen LogP contribution in [0, 0.1) is 0 Å². The van der Waals surface area contributed by atoms with Crippen molar-refractivity contribution in [2.24, 2.45) is 5.10 Å². The van der Waals surface area contributed by atoms with Gasteiger partial charge in [-0.05, 0) is 48.7 Å². The van der Waals surface area contributed by atoms with Crippen LogP contribution in [0.3, 0.4) is 0 Å². The summed E-state index contributed by atoms with van der Waals surface area (Å²) in [4.78, 5) is 12.0. The number of methoxy groups -OCH3 is 1. The van der Waals surface area contributed by atoms with E-state index < -0.39 is 0 Å². The summed E-state index contributed by atoms with van der Waals surface area (Å²) in [5.74, 6) is 0.472. The normalized spacial score (nSPS) is 11.1. The van der Waals surface area contributed by atoms with Crippen LogP contribution in [0.5, 0.6) is 5.75 Å². The Morgan fingerprint density at radius 3 is 2.18 bits per heavy atom. The highest BCUT2D eigenvalue weighted by Crippen LogP contribution is 2.11. The second kappa shape index (κ2) is 7.41. The molecule has 2 aromatic carbocycles. The molecule has 2 aromatic rings. The number of hydrogen-bond acceptors (Lipinski definition) is 3. The van der Waals surface area contributed by atoms with E-state index in [-0.39, 0.29) is 5.91 Å². The SMILES string of the molecule is CCc1ccc(C(C)=NNC(=O)c2ccc(OC)cc2)cc1. The Balaban J connectivity index is 2.03. The van der Waals surface area contributed by atoms with Crippen LogP contribution in [0.4, 0.5) is 0 Å². The standard InChI is InChI=1S/C18H20N2O2/c1-4-14-5-7-15(8-6-14)13(2)19-20-18(21)16-9-11-17(22-3)12-10-16/h5-12H,4H2,1-3H3,(H,20,21). The zero-order chi connectivity index (χ0) is 15.9. The van der Waals surface area contributed by atoms with E-state index in [0.717, 1.165) is 17.7 Å². The molecule has 1 amide bonds. The summed E-state index contributed by atoms with van der Waals surface area (Å²) in [7, 11) is 1.59. The van der Waals surface area contributed by atoms with Gasteiger partial charge in [-0.25, -0.2) is 5.43 Å². The van der Waals surface area contributed by atoms with Gasteiger partial charge in [-0.15, -0.1) is 0 Å². The lowest BCUT2D eigenvalue weighted by Crippen LogP contribution is -2.19. The molecule has 0 aromatic heterocycles. The smallest absolute Gasteiger partial charge is 0.271 e. The number of nitrogens with one attached hydrogen (secondary N) is 1. The highest BCUT2D eigenvalue weighted by atomic mass is 16.5. The Kier molecular flexibility index (Phi) is 5.31. The molecule has 0 spiro atoms. The molecule has 0 unspecified atom stereocenters. The molecule has 114 valence electrons. The number of hydrogen-bond donors (Lipinski definition) is 1. The summed E-state index contributed by atoms with van der Waals surface area (Å²) in [5, 5.41) is 4.15. The number of amides is 1. The van der Waals surface area contributed by atoms with Crippen molar-refractivity contribution in [3.05, 3.63) is 65.2 Å². The van der Waals surface area contributed by atoms with Crippen molar-refractivity contribution in [1.29, 1.82) is 0 Å². The lowest BCUT2D eigenvalue weighted by Gasteiger charge is -2.05. The van der Waals surface area contributed by atoms with Gasteiger partial charge >= 0.3 is 0 Å². The first-order valence-electron chi connectivity index (χ1n) is 7.22. The minimum absolute atomic E-state index is 0.243. The third-order valence-electron chi connectivity index (χ3n) is 3.46. The second-order valence-electron chi connectivity index (χ2n) is 4.92. The Morgan fingerprint density at radius 2 is 1.64 bits per heavy atom. The van der Waals surface area contributed by atoms with Crippen molar-refractivity contribution in [2.75, 3.05) is 7.11 Å². The monoisotopic (exact) mass is 296 g/mol. The van der Waals surface area contributed by atoms with Crippen molar-refractivity contribution in [3.8, 4) is 5.75 Å². The number of nitrogens with zero attached hydrogens (tertiary/aromatic N) is 1. The molecule has 1 N–H and O–H groups in total. The zero-order valence-electron chi connectivity index (χ0n) is 13.1. The molecule has 4 nitrogen and oxygen atoms in total. The van der Waals surface area contributed by atoms with Crippen LogP contribution in [0.25, 0.3) is 0 Å². The van der Waals surface area contributed by atoms with Crippen LogP contribution in [0.2, 0.25) is 0 Å². The maximum atomic E-state index is 12.0. The number of carbonyl (C=O) groups is 1. The number of benzene rings is 2. The van der Waals surface area contributed by atoms with Gasteiger partial charge in [0, 0.05) is 5.56 Å². The largest absolute Gasteiger partial charge is 0.497 e. The van der Waals surface area contributed by atoms with E-state index in [2.05, 4.69) is 29.6 Å². The number of hydrazone groups is 1. The number of ether oxygens (including phenoxy) is 1. The minimum atomic E-state index is -0.243. The Hall–Kier alpha value is -2.62. The first-order chi connectivity index (χ1) is 10.6. The maximum Gasteiger partial charge on any atom is 0.271 e. The Bertz CT molecular complexity index is 658. The molecule has 0 atom stereocenters. The minimum Gasteiger partial charge on any atom is -0.497 e. The molecule has 4 heteroatoms. The predicted molar refractivity (Wildman–Crippen MR) is 88.5 cm³/mol. The molecule has 0 fully saturated rings. The third kappa shape index (κ3) is 3.95.